The molecule has 0 aliphatic carbocycles. The van der Waals surface area contributed by atoms with Crippen LogP contribution < -0.4 is 29.9 Å². The van der Waals surface area contributed by atoms with E-state index in [1.54, 1.807) is 13.8 Å². The molecule has 2 aromatic heterocycles. The zero-order valence-corrected chi connectivity index (χ0v) is 31.5. The molecule has 8 rings (SSSR count). The second-order valence-corrected chi connectivity index (χ2v) is 14.7. The van der Waals surface area contributed by atoms with Crippen LogP contribution in [0.1, 0.15) is 106 Å². The third kappa shape index (κ3) is 8.29. The van der Waals surface area contributed by atoms with Gasteiger partial charge in [-0.2, -0.15) is 0 Å². The molecule has 4 aromatic rings. The van der Waals surface area contributed by atoms with Crippen molar-refractivity contribution in [1.82, 2.24) is 20.6 Å². The molecule has 0 spiro atoms. The first-order valence-corrected chi connectivity index (χ1v) is 19.0. The van der Waals surface area contributed by atoms with Gasteiger partial charge >= 0.3 is 0 Å². The Morgan fingerprint density at radius 1 is 0.630 bits per heavy atom. The molecule has 0 saturated carbocycles. The van der Waals surface area contributed by atoms with E-state index in [2.05, 4.69) is 20.4 Å². The van der Waals surface area contributed by atoms with E-state index in [1.807, 2.05) is 74.5 Å². The predicted molar refractivity (Wildman–Crippen MR) is 206 cm³/mol. The molecule has 54 heavy (non-hydrogen) atoms. The van der Waals surface area contributed by atoms with Crippen LogP contribution in [-0.4, -0.2) is 70.4 Å². The Morgan fingerprint density at radius 2 is 0.981 bits per heavy atom. The first-order chi connectivity index (χ1) is 26.0. The zero-order chi connectivity index (χ0) is 37.9. The lowest BCUT2D eigenvalue weighted by molar-refractivity contribution is 0.0957. The van der Waals surface area contributed by atoms with Crippen LogP contribution in [0.15, 0.2) is 60.7 Å². The lowest BCUT2D eigenvalue weighted by atomic mass is 10.1. The summed E-state index contributed by atoms with van der Waals surface area (Å²) >= 11 is 0. The monoisotopic (exact) mass is 734 g/mol. The van der Waals surface area contributed by atoms with E-state index in [9.17, 15) is 19.8 Å². The van der Waals surface area contributed by atoms with Gasteiger partial charge in [-0.15, -0.1) is 0 Å². The molecule has 4 N–H and O–H groups in total. The number of carbonyl (C=O) groups is 2. The van der Waals surface area contributed by atoms with Crippen molar-refractivity contribution in [2.45, 2.75) is 90.9 Å². The number of carbonyl (C=O) groups excluding carboxylic acids is 2. The summed E-state index contributed by atoms with van der Waals surface area (Å²) in [4.78, 5) is 37.6. The van der Waals surface area contributed by atoms with Crippen LogP contribution in [0.5, 0.6) is 11.5 Å². The minimum Gasteiger partial charge on any atom is -0.490 e. The summed E-state index contributed by atoms with van der Waals surface area (Å²) in [7, 11) is 0. The first kappa shape index (κ1) is 37.1. The minimum atomic E-state index is -0.462. The molecule has 12 heteroatoms. The molecule has 2 fully saturated rings. The number of aliphatic hydroxyl groups is 2. The number of ether oxygens (including phenoxy) is 2. The molecule has 4 aliphatic heterocycles. The topological polar surface area (TPSA) is 149 Å². The van der Waals surface area contributed by atoms with Gasteiger partial charge in [-0.1, -0.05) is 24.3 Å². The highest BCUT2D eigenvalue weighted by molar-refractivity contribution is 5.98. The summed E-state index contributed by atoms with van der Waals surface area (Å²) < 4.78 is 12.2. The number of anilines is 2. The molecule has 2 amide bonds. The number of fused-ring (bicyclic) bond motifs is 2. The number of nitrogens with one attached hydrogen (secondary N) is 2. The van der Waals surface area contributed by atoms with Gasteiger partial charge in [0.15, 0.2) is 0 Å². The van der Waals surface area contributed by atoms with Crippen molar-refractivity contribution < 1.29 is 29.3 Å². The molecule has 284 valence electrons. The van der Waals surface area contributed by atoms with Gasteiger partial charge in [-0.25, -0.2) is 9.97 Å². The van der Waals surface area contributed by atoms with Gasteiger partial charge in [0.25, 0.3) is 11.8 Å². The predicted octanol–water partition coefficient (Wildman–Crippen LogP) is 5.47. The number of hydrogen-bond donors (Lipinski definition) is 4. The maximum atomic E-state index is 11.8. The van der Waals surface area contributed by atoms with Crippen molar-refractivity contribution in [3.8, 4) is 11.5 Å². The average molecular weight is 735 g/mol. The Kier molecular flexibility index (Phi) is 11.0. The Balaban J connectivity index is 0.000000167. The van der Waals surface area contributed by atoms with E-state index >= 15 is 0 Å². The number of pyridine rings is 2. The van der Waals surface area contributed by atoms with E-state index in [0.29, 0.717) is 24.2 Å². The van der Waals surface area contributed by atoms with Crippen LogP contribution in [0.25, 0.3) is 0 Å². The highest BCUT2D eigenvalue weighted by Gasteiger charge is 2.28. The number of aryl methyl sites for hydroxylation is 2. The molecule has 0 bridgehead atoms. The van der Waals surface area contributed by atoms with Gasteiger partial charge in [-0.05, 0) is 86.3 Å². The van der Waals surface area contributed by atoms with Crippen molar-refractivity contribution in [2.24, 2.45) is 0 Å². The third-order valence-corrected chi connectivity index (χ3v) is 10.7. The molecule has 2 atom stereocenters. The van der Waals surface area contributed by atoms with Crippen LogP contribution >= 0.6 is 0 Å². The van der Waals surface area contributed by atoms with Gasteiger partial charge < -0.3 is 40.1 Å². The van der Waals surface area contributed by atoms with Crippen LogP contribution in [-0.2, 0) is 13.1 Å². The number of aliphatic hydroxyl groups excluding tert-OH is 2. The number of hydrogen-bond acceptors (Lipinski definition) is 10. The first-order valence-electron chi connectivity index (χ1n) is 19.0. The molecule has 6 heterocycles. The summed E-state index contributed by atoms with van der Waals surface area (Å²) in [5, 5.41) is 24.9. The maximum absolute atomic E-state index is 11.8. The second kappa shape index (κ2) is 16.0. The SMILES string of the molecule is Cc1cc2c(nc1N1CCC(Oc3ccc([C@@H](C)O)cc3)CC1)CNC2=O.Cc1cc2c(nc1N1CCC(Oc3ccc([C@H](C)O)cc3)CC1)CNC2=O. The lowest BCUT2D eigenvalue weighted by Crippen LogP contribution is -2.39. The van der Waals surface area contributed by atoms with Crippen molar-refractivity contribution in [1.29, 1.82) is 0 Å². The summed E-state index contributed by atoms with van der Waals surface area (Å²) in [5.41, 5.74) is 6.96. The lowest BCUT2D eigenvalue weighted by Gasteiger charge is -2.34. The Morgan fingerprint density at radius 3 is 1.31 bits per heavy atom. The second-order valence-electron chi connectivity index (χ2n) is 14.7. The normalized spacial score (nSPS) is 18.2. The van der Waals surface area contributed by atoms with Crippen LogP contribution in [0.2, 0.25) is 0 Å². The summed E-state index contributed by atoms with van der Waals surface area (Å²) in [6, 6.07) is 19.2. The van der Waals surface area contributed by atoms with Crippen molar-refractivity contribution >= 4 is 23.5 Å². The number of piperidine rings is 2. The summed E-state index contributed by atoms with van der Waals surface area (Å²) in [6.07, 6.45) is 3.13. The van der Waals surface area contributed by atoms with Gasteiger partial charge in [0.2, 0.25) is 0 Å². The van der Waals surface area contributed by atoms with Gasteiger partial charge in [0, 0.05) is 51.9 Å². The smallest absolute Gasteiger partial charge is 0.253 e. The van der Waals surface area contributed by atoms with E-state index in [1.165, 1.54) is 0 Å². The van der Waals surface area contributed by atoms with Crippen LogP contribution in [0, 0.1) is 13.8 Å². The molecular formula is C42H50N6O6. The molecule has 4 aliphatic rings. The van der Waals surface area contributed by atoms with Crippen molar-refractivity contribution in [3.63, 3.8) is 0 Å². The standard InChI is InChI=1S/2C21H25N3O3/c2*1-13-11-18-19(12-22-21(18)26)23-20(13)24-9-7-17(8-10-24)27-16-5-3-15(4-6-16)14(2)25/h2*3-6,11,14,17,25H,7-10,12H2,1-2H3,(H,22,26)/t2*14-/m10/s1. The maximum Gasteiger partial charge on any atom is 0.253 e. The summed E-state index contributed by atoms with van der Waals surface area (Å²) in [5.74, 6) is 3.58. The Hall–Kier alpha value is -5.20. The Labute approximate surface area is 316 Å². The van der Waals surface area contributed by atoms with E-state index < -0.39 is 12.2 Å². The van der Waals surface area contributed by atoms with E-state index in [-0.39, 0.29) is 24.0 Å². The number of benzene rings is 2. The van der Waals surface area contributed by atoms with Gasteiger partial charge in [0.1, 0.15) is 35.3 Å². The molecule has 12 nitrogen and oxygen atoms in total. The largest absolute Gasteiger partial charge is 0.490 e. The molecular weight excluding hydrogens is 684 g/mol. The molecule has 0 unspecified atom stereocenters. The Bertz CT molecular complexity index is 1820. The fraction of sp³-hybridized carbons (Fsp3) is 0.429. The van der Waals surface area contributed by atoms with E-state index in [0.717, 1.165) is 109 Å². The molecule has 2 aromatic carbocycles. The number of amides is 2. The van der Waals surface area contributed by atoms with Crippen molar-refractivity contribution in [3.05, 3.63) is 105 Å². The molecule has 2 saturated heterocycles. The van der Waals surface area contributed by atoms with Crippen LogP contribution in [0.4, 0.5) is 11.6 Å². The quantitative estimate of drug-likeness (QED) is 0.184. The zero-order valence-electron chi connectivity index (χ0n) is 31.5. The molecule has 0 radical (unpaired) electrons. The number of nitrogens with zero attached hydrogens (tertiary/aromatic N) is 4. The highest BCUT2D eigenvalue weighted by Crippen LogP contribution is 2.30. The fourth-order valence-electron chi connectivity index (χ4n) is 7.51. The van der Waals surface area contributed by atoms with E-state index in [4.69, 9.17) is 19.4 Å². The van der Waals surface area contributed by atoms with Gasteiger partial charge in [0.05, 0.1) is 47.8 Å². The van der Waals surface area contributed by atoms with Crippen molar-refractivity contribution in [2.75, 3.05) is 36.0 Å². The number of aromatic nitrogens is 2. The fourth-order valence-corrected chi connectivity index (χ4v) is 7.51. The summed E-state index contributed by atoms with van der Waals surface area (Å²) in [6.45, 7) is 12.1. The average Bonchev–Trinajstić information content (AvgIpc) is 3.72. The third-order valence-electron chi connectivity index (χ3n) is 10.7. The minimum absolute atomic E-state index is 0.0270. The van der Waals surface area contributed by atoms with Crippen LogP contribution in [0.3, 0.4) is 0 Å². The number of rotatable bonds is 8. The highest BCUT2D eigenvalue weighted by atomic mass is 16.5. The van der Waals surface area contributed by atoms with Gasteiger partial charge in [-0.3, -0.25) is 9.59 Å².